The first-order valence-corrected chi connectivity index (χ1v) is 9.33. The smallest absolute Gasteiger partial charge is 0.290 e. The van der Waals surface area contributed by atoms with Crippen LogP contribution in [0.5, 0.6) is 11.5 Å². The molecule has 2 N–H and O–H groups in total. The summed E-state index contributed by atoms with van der Waals surface area (Å²) in [6, 6.07) is 3.15. The van der Waals surface area contributed by atoms with Gasteiger partial charge in [0.2, 0.25) is 5.91 Å². The number of nitrogens with one attached hydrogen (secondary N) is 2. The van der Waals surface area contributed by atoms with Gasteiger partial charge in [-0.15, -0.1) is 0 Å². The molecule has 0 spiro atoms. The molecule has 146 valence electrons. The Morgan fingerprint density at radius 1 is 1.43 bits per heavy atom. The summed E-state index contributed by atoms with van der Waals surface area (Å²) >= 11 is 0.341. The third-order valence-corrected chi connectivity index (χ3v) is 4.67. The van der Waals surface area contributed by atoms with Gasteiger partial charge in [-0.05, 0) is 24.8 Å². The van der Waals surface area contributed by atoms with Crippen LogP contribution in [-0.2, 0) is 4.79 Å². The number of carbonyl (C=O) groups is 1. The minimum Gasteiger partial charge on any atom is -0.484 e. The highest BCUT2D eigenvalue weighted by atomic mass is 32.2. The Morgan fingerprint density at radius 3 is 3.00 bits per heavy atom. The second-order valence-corrected chi connectivity index (χ2v) is 7.26. The summed E-state index contributed by atoms with van der Waals surface area (Å²) < 4.78 is 37.4. The monoisotopic (exact) mass is 406 g/mol. The number of rotatable bonds is 4. The molecule has 0 aromatic carbocycles. The van der Waals surface area contributed by atoms with Gasteiger partial charge in [0.15, 0.2) is 11.5 Å². The largest absolute Gasteiger partial charge is 0.484 e. The zero-order chi connectivity index (χ0) is 19.8. The predicted octanol–water partition coefficient (Wildman–Crippen LogP) is 4.06. The van der Waals surface area contributed by atoms with Crippen molar-refractivity contribution < 1.29 is 23.0 Å². The molecule has 3 aromatic rings. The lowest BCUT2D eigenvalue weighted by atomic mass is 10.1. The maximum atomic E-state index is 12.9. The van der Waals surface area contributed by atoms with E-state index in [1.807, 2.05) is 6.92 Å². The lowest BCUT2D eigenvalue weighted by Gasteiger charge is -2.25. The number of alkyl halides is 2. The number of halogens is 2. The number of amides is 1. The Kier molecular flexibility index (Phi) is 4.80. The van der Waals surface area contributed by atoms with Crippen molar-refractivity contribution in [3.8, 4) is 22.8 Å². The Balaban J connectivity index is 1.88. The predicted molar refractivity (Wildman–Crippen MR) is 101 cm³/mol. The SMILES string of the molecule is CC(=O)Nc1cc2c(-c3nc(SC(F)F)cc4c3OCC(C)O4)c[nH]c2cn1. The van der Waals surface area contributed by atoms with E-state index < -0.39 is 5.76 Å². The molecule has 4 rings (SSSR count). The molecule has 1 amide bonds. The fourth-order valence-corrected chi connectivity index (χ4v) is 3.47. The third kappa shape index (κ3) is 3.59. The van der Waals surface area contributed by atoms with Gasteiger partial charge in [0.25, 0.3) is 5.76 Å². The molecule has 7 nitrogen and oxygen atoms in total. The molecule has 10 heteroatoms. The number of fused-ring (bicyclic) bond motifs is 2. The van der Waals surface area contributed by atoms with Gasteiger partial charge in [-0.3, -0.25) is 4.79 Å². The number of ether oxygens (including phenoxy) is 2. The first-order chi connectivity index (χ1) is 13.4. The number of hydrogen-bond donors (Lipinski definition) is 2. The number of carbonyl (C=O) groups excluding carboxylic acids is 1. The first kappa shape index (κ1) is 18.5. The van der Waals surface area contributed by atoms with E-state index in [4.69, 9.17) is 9.47 Å². The van der Waals surface area contributed by atoms with Crippen LogP contribution < -0.4 is 14.8 Å². The topological polar surface area (TPSA) is 89.1 Å². The summed E-state index contributed by atoms with van der Waals surface area (Å²) in [5.74, 6) is -1.72. The maximum absolute atomic E-state index is 12.9. The average molecular weight is 406 g/mol. The summed E-state index contributed by atoms with van der Waals surface area (Å²) in [7, 11) is 0. The van der Waals surface area contributed by atoms with Crippen LogP contribution in [0.25, 0.3) is 22.2 Å². The minimum absolute atomic E-state index is 0.131. The van der Waals surface area contributed by atoms with Gasteiger partial charge >= 0.3 is 0 Å². The Bertz CT molecular complexity index is 1060. The van der Waals surface area contributed by atoms with E-state index in [0.29, 0.717) is 52.5 Å². The number of nitrogens with zero attached hydrogens (tertiary/aromatic N) is 2. The Hall–Kier alpha value is -2.88. The van der Waals surface area contributed by atoms with Crippen molar-refractivity contribution in [3.05, 3.63) is 24.5 Å². The molecule has 1 atom stereocenters. The zero-order valence-corrected chi connectivity index (χ0v) is 15.8. The Labute approximate surface area is 162 Å². The molecule has 0 aliphatic carbocycles. The fourth-order valence-electron chi connectivity index (χ4n) is 2.97. The molecule has 1 aliphatic heterocycles. The standard InChI is InChI=1S/C18H16F2N4O3S/c1-8-7-26-17-13(27-8)4-15(28-18(19)20)24-16(17)11-5-21-12-6-22-14(3-10(11)12)23-9(2)25/h3-6,8,18,21H,7H2,1-2H3,(H,22,23,25). The van der Waals surface area contributed by atoms with Crippen LogP contribution in [-0.4, -0.2) is 39.3 Å². The van der Waals surface area contributed by atoms with Gasteiger partial charge in [-0.1, -0.05) is 0 Å². The molecule has 0 saturated heterocycles. The highest BCUT2D eigenvalue weighted by Gasteiger charge is 2.26. The quantitative estimate of drug-likeness (QED) is 0.636. The zero-order valence-electron chi connectivity index (χ0n) is 15.0. The van der Waals surface area contributed by atoms with Gasteiger partial charge in [0.1, 0.15) is 29.2 Å². The molecule has 0 fully saturated rings. The van der Waals surface area contributed by atoms with Crippen molar-refractivity contribution in [3.63, 3.8) is 0 Å². The lowest BCUT2D eigenvalue weighted by Crippen LogP contribution is -2.26. The molecule has 4 heterocycles. The van der Waals surface area contributed by atoms with E-state index >= 15 is 0 Å². The van der Waals surface area contributed by atoms with Gasteiger partial charge in [0.05, 0.1) is 11.7 Å². The average Bonchev–Trinajstić information content (AvgIpc) is 3.02. The highest BCUT2D eigenvalue weighted by molar-refractivity contribution is 7.99. The number of aromatic nitrogens is 3. The first-order valence-electron chi connectivity index (χ1n) is 8.45. The van der Waals surface area contributed by atoms with Crippen molar-refractivity contribution >= 4 is 34.4 Å². The van der Waals surface area contributed by atoms with Crippen LogP contribution in [0.2, 0.25) is 0 Å². The second kappa shape index (κ2) is 7.27. The highest BCUT2D eigenvalue weighted by Crippen LogP contribution is 2.44. The van der Waals surface area contributed by atoms with Gasteiger partial charge in [-0.2, -0.15) is 8.78 Å². The van der Waals surface area contributed by atoms with Crippen molar-refractivity contribution in [2.75, 3.05) is 11.9 Å². The number of hydrogen-bond acceptors (Lipinski definition) is 6. The van der Waals surface area contributed by atoms with Gasteiger partial charge in [0, 0.05) is 30.1 Å². The van der Waals surface area contributed by atoms with Crippen molar-refractivity contribution in [2.24, 2.45) is 0 Å². The van der Waals surface area contributed by atoms with Crippen LogP contribution in [0.15, 0.2) is 29.6 Å². The molecule has 0 saturated carbocycles. The summed E-state index contributed by atoms with van der Waals surface area (Å²) in [6.07, 6.45) is 3.07. The summed E-state index contributed by atoms with van der Waals surface area (Å²) in [5.41, 5.74) is 1.73. The number of pyridine rings is 2. The van der Waals surface area contributed by atoms with E-state index in [1.54, 1.807) is 18.5 Å². The van der Waals surface area contributed by atoms with Crippen molar-refractivity contribution in [1.82, 2.24) is 15.0 Å². The van der Waals surface area contributed by atoms with Crippen molar-refractivity contribution in [2.45, 2.75) is 30.7 Å². The van der Waals surface area contributed by atoms with Crippen molar-refractivity contribution in [1.29, 1.82) is 0 Å². The van der Waals surface area contributed by atoms with E-state index in [2.05, 4.69) is 20.3 Å². The van der Waals surface area contributed by atoms with Gasteiger partial charge in [-0.25, -0.2) is 9.97 Å². The van der Waals surface area contributed by atoms with E-state index in [0.717, 1.165) is 5.39 Å². The second-order valence-electron chi connectivity index (χ2n) is 6.25. The van der Waals surface area contributed by atoms with E-state index in [-0.39, 0.29) is 17.0 Å². The lowest BCUT2D eigenvalue weighted by molar-refractivity contribution is -0.114. The van der Waals surface area contributed by atoms with E-state index in [1.165, 1.54) is 13.0 Å². The molecule has 1 aliphatic rings. The van der Waals surface area contributed by atoms with Crippen LogP contribution in [0, 0.1) is 0 Å². The molecular weight excluding hydrogens is 390 g/mol. The minimum atomic E-state index is -2.61. The molecule has 3 aromatic heterocycles. The summed E-state index contributed by atoms with van der Waals surface area (Å²) in [4.78, 5) is 23.0. The number of anilines is 1. The van der Waals surface area contributed by atoms with E-state index in [9.17, 15) is 13.6 Å². The molecule has 0 bridgehead atoms. The molecule has 0 radical (unpaired) electrons. The van der Waals surface area contributed by atoms with Crippen LogP contribution in [0.3, 0.4) is 0 Å². The Morgan fingerprint density at radius 2 is 2.25 bits per heavy atom. The number of H-pyrrole nitrogens is 1. The molecule has 28 heavy (non-hydrogen) atoms. The summed E-state index contributed by atoms with van der Waals surface area (Å²) in [6.45, 7) is 3.54. The normalized spacial score (nSPS) is 15.8. The maximum Gasteiger partial charge on any atom is 0.290 e. The third-order valence-electron chi connectivity index (χ3n) is 4.04. The number of thioether (sulfide) groups is 1. The number of aromatic amines is 1. The summed E-state index contributed by atoms with van der Waals surface area (Å²) in [5, 5.41) is 3.48. The van der Waals surface area contributed by atoms with Crippen LogP contribution in [0.4, 0.5) is 14.6 Å². The molecule has 1 unspecified atom stereocenters. The van der Waals surface area contributed by atoms with Crippen LogP contribution >= 0.6 is 11.8 Å². The van der Waals surface area contributed by atoms with Crippen LogP contribution in [0.1, 0.15) is 13.8 Å². The fraction of sp³-hybridized carbons (Fsp3) is 0.278. The molecular formula is C18H16F2N4O3S. The van der Waals surface area contributed by atoms with Gasteiger partial charge < -0.3 is 19.8 Å².